The van der Waals surface area contributed by atoms with E-state index < -0.39 is 17.9 Å². The van der Waals surface area contributed by atoms with Gasteiger partial charge in [-0.05, 0) is 29.8 Å². The molecule has 0 saturated heterocycles. The highest BCUT2D eigenvalue weighted by Crippen LogP contribution is 2.28. The van der Waals surface area contributed by atoms with E-state index in [0.717, 1.165) is 5.56 Å². The van der Waals surface area contributed by atoms with Crippen LogP contribution in [0.25, 0.3) is 22.2 Å². The minimum Gasteiger partial charge on any atom is -0.497 e. The summed E-state index contributed by atoms with van der Waals surface area (Å²) < 4.78 is 10.3. The number of benzene rings is 3. The van der Waals surface area contributed by atoms with Crippen LogP contribution in [0.2, 0.25) is 0 Å². The number of fused-ring (bicyclic) bond motifs is 1. The highest BCUT2D eigenvalue weighted by Gasteiger charge is 2.25. The quantitative estimate of drug-likeness (QED) is 0.458. The zero-order valence-corrected chi connectivity index (χ0v) is 17.7. The summed E-state index contributed by atoms with van der Waals surface area (Å²) in [6.45, 7) is 0. The molecule has 0 fully saturated rings. The van der Waals surface area contributed by atoms with Crippen molar-refractivity contribution in [1.29, 1.82) is 0 Å². The summed E-state index contributed by atoms with van der Waals surface area (Å²) in [4.78, 5) is 30.6. The number of hydrogen-bond acceptors (Lipinski definition) is 5. The molecule has 0 saturated carbocycles. The zero-order valence-electron chi connectivity index (χ0n) is 17.7. The number of methoxy groups -OCH3 is 2. The number of nitrogens with one attached hydrogen (secondary N) is 1. The molecule has 0 aliphatic carbocycles. The molecule has 0 unspecified atom stereocenters. The Bertz CT molecular complexity index is 1260. The molecule has 0 spiro atoms. The predicted octanol–water partition coefficient (Wildman–Crippen LogP) is 4.55. The maximum atomic E-state index is 13.5. The van der Waals surface area contributed by atoms with E-state index in [4.69, 9.17) is 14.5 Å². The Balaban J connectivity index is 1.82. The second-order valence-electron chi connectivity index (χ2n) is 7.14. The van der Waals surface area contributed by atoms with Crippen LogP contribution in [0.3, 0.4) is 0 Å². The van der Waals surface area contributed by atoms with Crippen LogP contribution in [0.1, 0.15) is 22.0 Å². The van der Waals surface area contributed by atoms with Crippen LogP contribution in [0.5, 0.6) is 5.75 Å². The largest absolute Gasteiger partial charge is 0.497 e. The summed E-state index contributed by atoms with van der Waals surface area (Å²) in [5, 5.41) is 3.45. The highest BCUT2D eigenvalue weighted by atomic mass is 16.5. The molecule has 1 amide bonds. The number of amides is 1. The number of aromatic nitrogens is 1. The first-order valence-electron chi connectivity index (χ1n) is 10.1. The monoisotopic (exact) mass is 426 g/mol. The standard InChI is InChI=1S/C26H22N2O4/c1-31-19-13-14-22-20(15-19)21(16-23(27-22)17-9-5-3-6-10-17)25(29)28-24(26(30)32-2)18-11-7-4-8-12-18/h3-16,24H,1-2H3,(H,28,29)/t24-/m1/s1. The fraction of sp³-hybridized carbons (Fsp3) is 0.115. The molecule has 160 valence electrons. The summed E-state index contributed by atoms with van der Waals surface area (Å²) in [5.41, 5.74) is 3.20. The molecule has 6 nitrogen and oxygen atoms in total. The predicted molar refractivity (Wildman–Crippen MR) is 122 cm³/mol. The first kappa shape index (κ1) is 21.1. The Morgan fingerprint density at radius 1 is 0.875 bits per heavy atom. The van der Waals surface area contributed by atoms with Crippen molar-refractivity contribution in [3.05, 3.63) is 96.1 Å². The van der Waals surface area contributed by atoms with Crippen molar-refractivity contribution in [1.82, 2.24) is 10.3 Å². The molecule has 6 heteroatoms. The van der Waals surface area contributed by atoms with Crippen LogP contribution in [-0.4, -0.2) is 31.1 Å². The van der Waals surface area contributed by atoms with Gasteiger partial charge in [0.1, 0.15) is 5.75 Å². The third-order valence-corrected chi connectivity index (χ3v) is 5.18. The number of carbonyl (C=O) groups is 2. The minimum absolute atomic E-state index is 0.387. The topological polar surface area (TPSA) is 77.5 Å². The van der Waals surface area contributed by atoms with E-state index in [9.17, 15) is 9.59 Å². The molecule has 0 radical (unpaired) electrons. The summed E-state index contributed by atoms with van der Waals surface area (Å²) in [6, 6.07) is 24.8. The van der Waals surface area contributed by atoms with Crippen molar-refractivity contribution in [2.75, 3.05) is 14.2 Å². The third kappa shape index (κ3) is 4.30. The van der Waals surface area contributed by atoms with Gasteiger partial charge in [-0.3, -0.25) is 4.79 Å². The van der Waals surface area contributed by atoms with E-state index in [2.05, 4.69) is 5.32 Å². The van der Waals surface area contributed by atoms with Crippen LogP contribution in [0.15, 0.2) is 84.9 Å². The Morgan fingerprint density at radius 2 is 1.56 bits per heavy atom. The first-order valence-corrected chi connectivity index (χ1v) is 10.1. The fourth-order valence-corrected chi connectivity index (χ4v) is 3.53. The highest BCUT2D eigenvalue weighted by molar-refractivity contribution is 6.08. The average Bonchev–Trinajstić information content (AvgIpc) is 2.86. The van der Waals surface area contributed by atoms with Crippen molar-refractivity contribution in [2.45, 2.75) is 6.04 Å². The Morgan fingerprint density at radius 3 is 2.22 bits per heavy atom. The number of hydrogen-bond donors (Lipinski definition) is 1. The van der Waals surface area contributed by atoms with E-state index in [-0.39, 0.29) is 0 Å². The molecule has 4 aromatic rings. The second kappa shape index (κ2) is 9.31. The molecule has 32 heavy (non-hydrogen) atoms. The molecule has 4 rings (SSSR count). The molecule has 0 aliphatic rings. The lowest BCUT2D eigenvalue weighted by Gasteiger charge is -2.18. The molecule has 1 atom stereocenters. The van der Waals surface area contributed by atoms with Crippen LogP contribution in [0.4, 0.5) is 0 Å². The van der Waals surface area contributed by atoms with Crippen LogP contribution >= 0.6 is 0 Å². The Hall–Kier alpha value is -4.19. The number of rotatable bonds is 6. The number of esters is 1. The maximum Gasteiger partial charge on any atom is 0.333 e. The molecule has 3 aromatic carbocycles. The summed E-state index contributed by atoms with van der Waals surface area (Å²) in [7, 11) is 2.86. The van der Waals surface area contributed by atoms with Gasteiger partial charge in [-0.1, -0.05) is 60.7 Å². The van der Waals surface area contributed by atoms with Gasteiger partial charge in [-0.2, -0.15) is 0 Å². The van der Waals surface area contributed by atoms with Gasteiger partial charge in [0.25, 0.3) is 5.91 Å². The number of carbonyl (C=O) groups excluding carboxylic acids is 2. The average molecular weight is 426 g/mol. The van der Waals surface area contributed by atoms with E-state index in [1.807, 2.05) is 42.5 Å². The van der Waals surface area contributed by atoms with Crippen molar-refractivity contribution in [2.24, 2.45) is 0 Å². The number of nitrogens with zero attached hydrogens (tertiary/aromatic N) is 1. The number of pyridine rings is 1. The van der Waals surface area contributed by atoms with Crippen LogP contribution in [-0.2, 0) is 9.53 Å². The van der Waals surface area contributed by atoms with Gasteiger partial charge in [0.05, 0.1) is 31.0 Å². The van der Waals surface area contributed by atoms with E-state index >= 15 is 0 Å². The van der Waals surface area contributed by atoms with Crippen LogP contribution in [0, 0.1) is 0 Å². The SMILES string of the molecule is COC(=O)[C@H](NC(=O)c1cc(-c2ccccc2)nc2ccc(OC)cc12)c1ccccc1. The lowest BCUT2D eigenvalue weighted by atomic mass is 10.0. The van der Waals surface area contributed by atoms with Gasteiger partial charge in [0, 0.05) is 10.9 Å². The lowest BCUT2D eigenvalue weighted by molar-refractivity contribution is -0.143. The Kier molecular flexibility index (Phi) is 6.12. The van der Waals surface area contributed by atoms with Gasteiger partial charge >= 0.3 is 5.97 Å². The molecular formula is C26H22N2O4. The van der Waals surface area contributed by atoms with E-state index in [1.54, 1.807) is 49.6 Å². The van der Waals surface area contributed by atoms with Crippen molar-refractivity contribution in [3.8, 4) is 17.0 Å². The van der Waals surface area contributed by atoms with Gasteiger partial charge in [0.15, 0.2) is 6.04 Å². The molecule has 0 aliphatic heterocycles. The molecule has 1 N–H and O–H groups in total. The van der Waals surface area contributed by atoms with Gasteiger partial charge in [-0.25, -0.2) is 9.78 Å². The lowest BCUT2D eigenvalue weighted by Crippen LogP contribution is -2.34. The van der Waals surface area contributed by atoms with Gasteiger partial charge in [0.2, 0.25) is 0 Å². The maximum absolute atomic E-state index is 13.5. The van der Waals surface area contributed by atoms with Crippen molar-refractivity contribution >= 4 is 22.8 Å². The zero-order chi connectivity index (χ0) is 22.5. The molecule has 0 bridgehead atoms. The van der Waals surface area contributed by atoms with Crippen molar-refractivity contribution < 1.29 is 19.1 Å². The van der Waals surface area contributed by atoms with Gasteiger partial charge < -0.3 is 14.8 Å². The summed E-state index contributed by atoms with van der Waals surface area (Å²) >= 11 is 0. The minimum atomic E-state index is -0.942. The number of ether oxygens (including phenoxy) is 2. The van der Waals surface area contributed by atoms with Crippen LogP contribution < -0.4 is 10.1 Å². The normalized spacial score (nSPS) is 11.6. The molecule has 1 aromatic heterocycles. The fourth-order valence-electron chi connectivity index (χ4n) is 3.53. The molecule has 1 heterocycles. The third-order valence-electron chi connectivity index (χ3n) is 5.18. The Labute approximate surface area is 185 Å². The summed E-state index contributed by atoms with van der Waals surface area (Å²) in [5.74, 6) is -0.362. The van der Waals surface area contributed by atoms with Gasteiger partial charge in [-0.15, -0.1) is 0 Å². The summed E-state index contributed by atoms with van der Waals surface area (Å²) in [6.07, 6.45) is 0. The van der Waals surface area contributed by atoms with E-state index in [1.165, 1.54) is 7.11 Å². The van der Waals surface area contributed by atoms with E-state index in [0.29, 0.717) is 33.5 Å². The second-order valence-corrected chi connectivity index (χ2v) is 7.14. The van der Waals surface area contributed by atoms with Crippen molar-refractivity contribution in [3.63, 3.8) is 0 Å². The smallest absolute Gasteiger partial charge is 0.333 e. The first-order chi connectivity index (χ1) is 15.6. The molecular weight excluding hydrogens is 404 g/mol.